The molecule has 2 aromatic rings. The minimum atomic E-state index is 0.0775. The van der Waals surface area contributed by atoms with Crippen molar-refractivity contribution in [2.24, 2.45) is 0 Å². The Morgan fingerprint density at radius 1 is 1.27 bits per heavy atom. The third-order valence-corrected chi connectivity index (χ3v) is 4.74. The predicted octanol–water partition coefficient (Wildman–Crippen LogP) is 1.92. The lowest BCUT2D eigenvalue weighted by Crippen LogP contribution is -2.48. The molecule has 26 heavy (non-hydrogen) atoms. The Bertz CT molecular complexity index is 769. The monoisotopic (exact) mass is 354 g/mol. The standard InChI is InChI=1S/C19H22N4O3/c24-19(6-4-14-3-5-16-17(10-14)26-13-25-16)22-15-2-1-9-23(12-15)18-11-20-7-8-21-18/h3,5,7-8,10-11,15H,1-2,4,6,9,12-13H2,(H,22,24)/t15-/m1/s1. The molecule has 7 heteroatoms. The highest BCUT2D eigenvalue weighted by Crippen LogP contribution is 2.32. The molecule has 0 radical (unpaired) electrons. The number of nitrogens with one attached hydrogen (secondary N) is 1. The summed E-state index contributed by atoms with van der Waals surface area (Å²) >= 11 is 0. The second-order valence-corrected chi connectivity index (χ2v) is 6.60. The van der Waals surface area contributed by atoms with Gasteiger partial charge in [0.1, 0.15) is 5.82 Å². The molecule has 1 amide bonds. The van der Waals surface area contributed by atoms with Crippen LogP contribution in [0.2, 0.25) is 0 Å². The van der Waals surface area contributed by atoms with Gasteiger partial charge in [0, 0.05) is 37.9 Å². The zero-order valence-corrected chi connectivity index (χ0v) is 14.6. The maximum absolute atomic E-state index is 12.3. The molecule has 136 valence electrons. The van der Waals surface area contributed by atoms with Gasteiger partial charge in [0.15, 0.2) is 11.5 Å². The van der Waals surface area contributed by atoms with E-state index in [1.165, 1.54) is 0 Å². The number of fused-ring (bicyclic) bond motifs is 1. The van der Waals surface area contributed by atoms with Crippen LogP contribution in [0.5, 0.6) is 11.5 Å². The van der Waals surface area contributed by atoms with Gasteiger partial charge in [-0.1, -0.05) is 6.07 Å². The van der Waals surface area contributed by atoms with Gasteiger partial charge < -0.3 is 19.7 Å². The predicted molar refractivity (Wildman–Crippen MR) is 96.3 cm³/mol. The normalized spacial score (nSPS) is 18.6. The lowest BCUT2D eigenvalue weighted by Gasteiger charge is -2.33. The molecule has 2 aliphatic rings. The zero-order valence-electron chi connectivity index (χ0n) is 14.6. The highest BCUT2D eigenvalue weighted by molar-refractivity contribution is 5.76. The third kappa shape index (κ3) is 3.87. The molecule has 1 aromatic heterocycles. The molecule has 0 saturated carbocycles. The molecule has 0 aliphatic carbocycles. The Balaban J connectivity index is 1.28. The molecule has 4 rings (SSSR count). The lowest BCUT2D eigenvalue weighted by atomic mass is 10.0. The van der Waals surface area contributed by atoms with Crippen LogP contribution >= 0.6 is 0 Å². The van der Waals surface area contributed by atoms with Gasteiger partial charge >= 0.3 is 0 Å². The van der Waals surface area contributed by atoms with Crippen molar-refractivity contribution in [3.8, 4) is 11.5 Å². The summed E-state index contributed by atoms with van der Waals surface area (Å²) < 4.78 is 10.7. The number of rotatable bonds is 5. The molecule has 0 spiro atoms. The number of hydrogen-bond donors (Lipinski definition) is 1. The number of anilines is 1. The first kappa shape index (κ1) is 16.6. The van der Waals surface area contributed by atoms with Gasteiger partial charge in [-0.05, 0) is 37.0 Å². The number of carbonyl (C=O) groups excluding carboxylic acids is 1. The number of aryl methyl sites for hydroxylation is 1. The van der Waals surface area contributed by atoms with Crippen molar-refractivity contribution in [3.63, 3.8) is 0 Å². The minimum absolute atomic E-state index is 0.0775. The molecule has 0 bridgehead atoms. The van der Waals surface area contributed by atoms with Crippen molar-refractivity contribution in [3.05, 3.63) is 42.4 Å². The molecule has 7 nitrogen and oxygen atoms in total. The van der Waals surface area contributed by atoms with Crippen LogP contribution < -0.4 is 19.7 Å². The second kappa shape index (κ2) is 7.59. The van der Waals surface area contributed by atoms with Gasteiger partial charge in [0.05, 0.1) is 6.20 Å². The number of benzene rings is 1. The minimum Gasteiger partial charge on any atom is -0.454 e. The topological polar surface area (TPSA) is 76.6 Å². The van der Waals surface area contributed by atoms with Gasteiger partial charge in [-0.2, -0.15) is 0 Å². The van der Waals surface area contributed by atoms with Gasteiger partial charge in [0.2, 0.25) is 12.7 Å². The van der Waals surface area contributed by atoms with E-state index in [4.69, 9.17) is 9.47 Å². The number of ether oxygens (including phenoxy) is 2. The summed E-state index contributed by atoms with van der Waals surface area (Å²) in [5.74, 6) is 2.47. The smallest absolute Gasteiger partial charge is 0.231 e. The first-order chi connectivity index (χ1) is 12.8. The van der Waals surface area contributed by atoms with E-state index < -0.39 is 0 Å². The molecule has 1 aromatic carbocycles. The van der Waals surface area contributed by atoms with Crippen LogP contribution in [0.1, 0.15) is 24.8 Å². The van der Waals surface area contributed by atoms with E-state index in [-0.39, 0.29) is 18.7 Å². The molecule has 1 fully saturated rings. The van der Waals surface area contributed by atoms with E-state index in [9.17, 15) is 4.79 Å². The number of amides is 1. The summed E-state index contributed by atoms with van der Waals surface area (Å²) in [6, 6.07) is 5.98. The Morgan fingerprint density at radius 2 is 2.19 bits per heavy atom. The molecule has 2 aliphatic heterocycles. The van der Waals surface area contributed by atoms with Crippen LogP contribution in [0.15, 0.2) is 36.8 Å². The van der Waals surface area contributed by atoms with E-state index in [1.54, 1.807) is 18.6 Å². The van der Waals surface area contributed by atoms with Crippen LogP contribution in [0, 0.1) is 0 Å². The van der Waals surface area contributed by atoms with Gasteiger partial charge in [-0.3, -0.25) is 9.78 Å². The third-order valence-electron chi connectivity index (χ3n) is 4.74. The number of aromatic nitrogens is 2. The highest BCUT2D eigenvalue weighted by atomic mass is 16.7. The van der Waals surface area contributed by atoms with Crippen LogP contribution in [-0.2, 0) is 11.2 Å². The van der Waals surface area contributed by atoms with Gasteiger partial charge in [-0.15, -0.1) is 0 Å². The lowest BCUT2D eigenvalue weighted by molar-refractivity contribution is -0.121. The maximum Gasteiger partial charge on any atom is 0.231 e. The fourth-order valence-corrected chi connectivity index (χ4v) is 3.41. The quantitative estimate of drug-likeness (QED) is 0.884. The van der Waals surface area contributed by atoms with Crippen molar-refractivity contribution in [1.82, 2.24) is 15.3 Å². The maximum atomic E-state index is 12.3. The summed E-state index contributed by atoms with van der Waals surface area (Å²) in [5.41, 5.74) is 1.08. The Kier molecular flexibility index (Phi) is 4.86. The van der Waals surface area contributed by atoms with Crippen LogP contribution in [0.3, 0.4) is 0 Å². The average Bonchev–Trinajstić information content (AvgIpc) is 3.15. The number of nitrogens with zero attached hydrogens (tertiary/aromatic N) is 3. The highest BCUT2D eigenvalue weighted by Gasteiger charge is 2.22. The van der Waals surface area contributed by atoms with Gasteiger partial charge in [-0.25, -0.2) is 4.98 Å². The second-order valence-electron chi connectivity index (χ2n) is 6.60. The Labute approximate surface area is 152 Å². The first-order valence-electron chi connectivity index (χ1n) is 8.97. The van der Waals surface area contributed by atoms with E-state index in [1.807, 2.05) is 18.2 Å². The molecule has 1 saturated heterocycles. The van der Waals surface area contributed by atoms with Crippen LogP contribution in [0.25, 0.3) is 0 Å². The number of hydrogen-bond acceptors (Lipinski definition) is 6. The largest absolute Gasteiger partial charge is 0.454 e. The number of carbonyl (C=O) groups is 1. The summed E-state index contributed by atoms with van der Waals surface area (Å²) in [5, 5.41) is 3.16. The molecule has 1 N–H and O–H groups in total. The average molecular weight is 354 g/mol. The van der Waals surface area contributed by atoms with Gasteiger partial charge in [0.25, 0.3) is 0 Å². The van der Waals surface area contributed by atoms with Crippen molar-refractivity contribution in [1.29, 1.82) is 0 Å². The molecule has 3 heterocycles. The van der Waals surface area contributed by atoms with Crippen molar-refractivity contribution in [2.75, 3.05) is 24.8 Å². The zero-order chi connectivity index (χ0) is 17.8. The summed E-state index contributed by atoms with van der Waals surface area (Å²) in [6.07, 6.45) is 8.30. The van der Waals surface area contributed by atoms with E-state index in [0.29, 0.717) is 12.8 Å². The van der Waals surface area contributed by atoms with Crippen LogP contribution in [0.4, 0.5) is 5.82 Å². The Morgan fingerprint density at radius 3 is 3.08 bits per heavy atom. The molecule has 1 atom stereocenters. The number of piperidine rings is 1. The van der Waals surface area contributed by atoms with Crippen molar-refractivity contribution in [2.45, 2.75) is 31.7 Å². The van der Waals surface area contributed by atoms with E-state index in [2.05, 4.69) is 20.2 Å². The Hall–Kier alpha value is -2.83. The summed E-state index contributed by atoms with van der Waals surface area (Å²) in [4.78, 5) is 23.0. The molecule has 0 unspecified atom stereocenters. The fourth-order valence-electron chi connectivity index (χ4n) is 3.41. The summed E-state index contributed by atoms with van der Waals surface area (Å²) in [7, 11) is 0. The van der Waals surface area contributed by atoms with Crippen molar-refractivity contribution >= 4 is 11.7 Å². The summed E-state index contributed by atoms with van der Waals surface area (Å²) in [6.45, 7) is 1.99. The van der Waals surface area contributed by atoms with E-state index >= 15 is 0 Å². The fraction of sp³-hybridized carbons (Fsp3) is 0.421. The molecular formula is C19H22N4O3. The van der Waals surface area contributed by atoms with Crippen molar-refractivity contribution < 1.29 is 14.3 Å². The first-order valence-corrected chi connectivity index (χ1v) is 8.97. The molecular weight excluding hydrogens is 332 g/mol. The van der Waals surface area contributed by atoms with E-state index in [0.717, 1.165) is 48.8 Å². The van der Waals surface area contributed by atoms with Crippen LogP contribution in [-0.4, -0.2) is 41.8 Å². The SMILES string of the molecule is O=C(CCc1ccc2c(c1)OCO2)N[C@@H]1CCCN(c2cnccn2)C1.